The van der Waals surface area contributed by atoms with Crippen LogP contribution < -0.4 is 10.6 Å². The molecule has 3 N–H and O–H groups in total. The Morgan fingerprint density at radius 2 is 2.06 bits per heavy atom. The molecule has 3 rings (SSSR count). The molecule has 0 aromatic carbocycles. The number of halogens is 3. The Bertz CT molecular complexity index is 1120. The van der Waals surface area contributed by atoms with Crippen LogP contribution in [0.1, 0.15) is 5.76 Å². The summed E-state index contributed by atoms with van der Waals surface area (Å²) in [5, 5.41) is 16.7. The summed E-state index contributed by atoms with van der Waals surface area (Å²) in [5.74, 6) is -4.07. The van der Waals surface area contributed by atoms with Crippen LogP contribution in [0.4, 0.5) is 4.79 Å². The number of nitrogens with one attached hydrogen (secondary N) is 2. The molecule has 0 aliphatic carbocycles. The lowest BCUT2D eigenvalue weighted by Crippen LogP contribution is -2.71. The van der Waals surface area contributed by atoms with Crippen molar-refractivity contribution in [2.75, 3.05) is 19.5 Å². The zero-order chi connectivity index (χ0) is 25.9. The third-order valence-corrected chi connectivity index (χ3v) is 6.39. The summed E-state index contributed by atoms with van der Waals surface area (Å²) in [4.78, 5) is 66.2. The number of β-lactam (4-membered cyclic amide) rings is 1. The van der Waals surface area contributed by atoms with Crippen LogP contribution in [0.25, 0.3) is 0 Å². The first-order valence-electron chi connectivity index (χ1n) is 9.36. The number of carbonyl (C=O) groups excluding carboxylic acids is 4. The Labute approximate surface area is 215 Å². The van der Waals surface area contributed by atoms with Gasteiger partial charge in [0.1, 0.15) is 30.8 Å². The zero-order valence-electron chi connectivity index (χ0n) is 17.5. The lowest BCUT2D eigenvalue weighted by Gasteiger charge is -2.49. The summed E-state index contributed by atoms with van der Waals surface area (Å²) >= 11 is 17.1. The summed E-state index contributed by atoms with van der Waals surface area (Å²) in [5.41, 5.74) is -0.560. The number of oxime groups is 1. The van der Waals surface area contributed by atoms with Crippen LogP contribution in [0.15, 0.2) is 39.2 Å². The van der Waals surface area contributed by atoms with E-state index in [1.165, 1.54) is 25.5 Å². The van der Waals surface area contributed by atoms with Crippen LogP contribution in [0.2, 0.25) is 0 Å². The van der Waals surface area contributed by atoms with Gasteiger partial charge in [-0.25, -0.2) is 9.59 Å². The third kappa shape index (κ3) is 5.83. The fourth-order valence-electron chi connectivity index (χ4n) is 3.06. The fraction of sp³-hybridized carbons (Fsp3) is 0.333. The maximum Gasteiger partial charge on any atom is 0.414 e. The highest BCUT2D eigenvalue weighted by atomic mass is 35.6. The Hall–Kier alpha value is -2.94. The summed E-state index contributed by atoms with van der Waals surface area (Å²) in [6, 6.07) is 1.94. The molecule has 0 saturated carbocycles. The fourth-order valence-corrected chi connectivity index (χ4v) is 4.53. The summed E-state index contributed by atoms with van der Waals surface area (Å²) in [7, 11) is 1.23. The van der Waals surface area contributed by atoms with Gasteiger partial charge >= 0.3 is 12.1 Å². The van der Waals surface area contributed by atoms with E-state index in [0.29, 0.717) is 0 Å². The number of alkyl carbamates (subject to hydrolysis) is 1. The number of ether oxygens (including phenoxy) is 1. The van der Waals surface area contributed by atoms with Gasteiger partial charge in [-0.3, -0.25) is 24.6 Å². The molecule has 0 spiro atoms. The van der Waals surface area contributed by atoms with Gasteiger partial charge in [-0.05, 0) is 12.1 Å². The molecule has 0 bridgehead atoms. The monoisotopic (exact) mass is 568 g/mol. The topological polar surface area (TPSA) is 177 Å². The molecule has 17 heteroatoms. The molecule has 1 aromatic rings. The standard InChI is InChI=1S/C18H15Cl3N4O9S/c1-32-24-9(8-3-2-4-33-8)12(26)22-10-13(27)25-11(15(28)29)7(6-35-14(10)25)5-34-17(31)23-16(30)18(19,20)21/h2-4,10,14H,5-6H2,1H3,(H,22,26)(H,28,29)(H,23,30,31)/b24-9+/t10-,14-/m1/s1. The van der Waals surface area contributed by atoms with E-state index in [4.69, 9.17) is 44.0 Å². The van der Waals surface area contributed by atoms with E-state index < -0.39 is 57.3 Å². The minimum atomic E-state index is -2.41. The molecular formula is C18H15Cl3N4O9S. The number of hydrogen-bond donors (Lipinski definition) is 3. The largest absolute Gasteiger partial charge is 0.477 e. The van der Waals surface area contributed by atoms with Crippen molar-refractivity contribution in [3.63, 3.8) is 0 Å². The summed E-state index contributed by atoms with van der Waals surface area (Å²) < 4.78 is 7.56. The van der Waals surface area contributed by atoms with Crippen LogP contribution in [-0.4, -0.2) is 80.2 Å². The first kappa shape index (κ1) is 26.7. The number of carbonyl (C=O) groups is 5. The number of furan rings is 1. The molecular weight excluding hydrogens is 555 g/mol. The van der Waals surface area contributed by atoms with Crippen molar-refractivity contribution in [2.45, 2.75) is 15.2 Å². The maximum absolute atomic E-state index is 12.7. The third-order valence-electron chi connectivity index (χ3n) is 4.54. The molecule has 1 aromatic heterocycles. The van der Waals surface area contributed by atoms with Crippen LogP contribution in [-0.2, 0) is 28.8 Å². The second kappa shape index (κ2) is 10.8. The Kier molecular flexibility index (Phi) is 8.20. The van der Waals surface area contributed by atoms with Gasteiger partial charge in [-0.15, -0.1) is 11.8 Å². The first-order chi connectivity index (χ1) is 16.5. The van der Waals surface area contributed by atoms with Crippen molar-refractivity contribution in [1.29, 1.82) is 0 Å². The predicted octanol–water partition coefficient (Wildman–Crippen LogP) is 0.992. The highest BCUT2D eigenvalue weighted by Crippen LogP contribution is 2.40. The normalized spacial score (nSPS) is 19.9. The van der Waals surface area contributed by atoms with Gasteiger partial charge in [-0.1, -0.05) is 40.0 Å². The zero-order valence-corrected chi connectivity index (χ0v) is 20.5. The lowest BCUT2D eigenvalue weighted by molar-refractivity contribution is -0.150. The molecule has 188 valence electrons. The Balaban J connectivity index is 1.69. The van der Waals surface area contributed by atoms with Gasteiger partial charge in [0.05, 0.1) is 6.26 Å². The molecule has 0 radical (unpaired) electrons. The van der Waals surface area contributed by atoms with Crippen LogP contribution in [0, 0.1) is 0 Å². The number of carboxylic acid groups (broad SMARTS) is 1. The van der Waals surface area contributed by atoms with Gasteiger partial charge in [0.2, 0.25) is 5.71 Å². The SMILES string of the molecule is CO/N=C(/C(=O)N[C@@H]1C(=O)N2C(C(=O)O)=C(COC(=O)NC(=O)C(Cl)(Cl)Cl)CS[C@H]12)c1ccco1. The molecule has 1 fully saturated rings. The highest BCUT2D eigenvalue weighted by molar-refractivity contribution is 8.00. The van der Waals surface area contributed by atoms with Crippen molar-refractivity contribution in [1.82, 2.24) is 15.5 Å². The van der Waals surface area contributed by atoms with E-state index in [-0.39, 0.29) is 22.8 Å². The number of alkyl halides is 3. The molecule has 1 saturated heterocycles. The number of carboxylic acids is 1. The smallest absolute Gasteiger partial charge is 0.414 e. The van der Waals surface area contributed by atoms with Crippen molar-refractivity contribution in [3.05, 3.63) is 35.4 Å². The van der Waals surface area contributed by atoms with Gasteiger partial charge < -0.3 is 24.4 Å². The van der Waals surface area contributed by atoms with Gasteiger partial charge in [0.15, 0.2) is 5.76 Å². The van der Waals surface area contributed by atoms with Crippen LogP contribution >= 0.6 is 46.6 Å². The van der Waals surface area contributed by atoms with Crippen molar-refractivity contribution in [3.8, 4) is 0 Å². The number of imide groups is 1. The predicted molar refractivity (Wildman–Crippen MR) is 122 cm³/mol. The maximum atomic E-state index is 12.7. The van der Waals surface area contributed by atoms with E-state index in [0.717, 1.165) is 16.7 Å². The second-order valence-electron chi connectivity index (χ2n) is 6.75. The number of rotatable bonds is 7. The van der Waals surface area contributed by atoms with E-state index in [9.17, 15) is 29.1 Å². The number of aliphatic carboxylic acids is 1. The van der Waals surface area contributed by atoms with Crippen molar-refractivity contribution >= 4 is 82.1 Å². The van der Waals surface area contributed by atoms with E-state index in [2.05, 4.69) is 15.3 Å². The average molecular weight is 570 g/mol. The highest BCUT2D eigenvalue weighted by Gasteiger charge is 2.54. The lowest BCUT2D eigenvalue weighted by atomic mass is 10.0. The molecule has 0 unspecified atom stereocenters. The van der Waals surface area contributed by atoms with Crippen LogP contribution in [0.5, 0.6) is 0 Å². The molecule has 3 heterocycles. The quantitative estimate of drug-likeness (QED) is 0.186. The molecule has 4 amide bonds. The van der Waals surface area contributed by atoms with Crippen molar-refractivity contribution in [2.24, 2.45) is 5.16 Å². The minimum absolute atomic E-state index is 0.0331. The number of fused-ring (bicyclic) bond motifs is 1. The molecule has 2 aliphatic heterocycles. The summed E-state index contributed by atoms with van der Waals surface area (Å²) in [6.45, 7) is -0.565. The summed E-state index contributed by atoms with van der Waals surface area (Å²) in [6.07, 6.45) is 0.0379. The molecule has 35 heavy (non-hydrogen) atoms. The number of hydrogen-bond acceptors (Lipinski definition) is 10. The second-order valence-corrected chi connectivity index (χ2v) is 10.1. The number of amides is 4. The molecule has 2 aliphatic rings. The van der Waals surface area contributed by atoms with Gasteiger partial charge in [-0.2, -0.15) is 0 Å². The van der Waals surface area contributed by atoms with Gasteiger partial charge in [0.25, 0.3) is 21.5 Å². The van der Waals surface area contributed by atoms with Crippen LogP contribution in [0.3, 0.4) is 0 Å². The van der Waals surface area contributed by atoms with E-state index in [1.54, 1.807) is 5.32 Å². The van der Waals surface area contributed by atoms with E-state index in [1.807, 2.05) is 0 Å². The molecule has 13 nitrogen and oxygen atoms in total. The number of nitrogens with zero attached hydrogens (tertiary/aromatic N) is 2. The number of thioether (sulfide) groups is 1. The van der Waals surface area contributed by atoms with Gasteiger partial charge in [0, 0.05) is 11.3 Å². The minimum Gasteiger partial charge on any atom is -0.477 e. The van der Waals surface area contributed by atoms with Crippen molar-refractivity contribution < 1.29 is 43.1 Å². The molecule has 2 atom stereocenters. The first-order valence-corrected chi connectivity index (χ1v) is 11.5. The Morgan fingerprint density at radius 3 is 2.63 bits per heavy atom. The van der Waals surface area contributed by atoms with E-state index >= 15 is 0 Å². The Morgan fingerprint density at radius 1 is 1.34 bits per heavy atom. The average Bonchev–Trinajstić information content (AvgIpc) is 3.32.